The molecule has 0 saturated heterocycles. The van der Waals surface area contributed by atoms with Crippen LogP contribution < -0.4 is 0 Å². The van der Waals surface area contributed by atoms with Crippen LogP contribution in [-0.4, -0.2) is 19.7 Å². The predicted octanol–water partition coefficient (Wildman–Crippen LogP) is 4.99. The smallest absolute Gasteiger partial charge is 0.117 e. The summed E-state index contributed by atoms with van der Waals surface area (Å²) in [4.78, 5) is 6.85. The van der Waals surface area contributed by atoms with Gasteiger partial charge in [-0.15, -0.1) is 0 Å². The SMILES string of the molecule is Cc1ccccc1-n1nc(C)c(CN(Cc2ccccn2)Cc2ccco2)c1C. The van der Waals surface area contributed by atoms with Gasteiger partial charge in [0.05, 0.1) is 29.9 Å². The van der Waals surface area contributed by atoms with E-state index in [-0.39, 0.29) is 0 Å². The van der Waals surface area contributed by atoms with Crippen molar-refractivity contribution in [2.24, 2.45) is 0 Å². The number of aromatic nitrogens is 3. The van der Waals surface area contributed by atoms with Crippen LogP contribution in [0.4, 0.5) is 0 Å². The highest BCUT2D eigenvalue weighted by molar-refractivity contribution is 5.42. The van der Waals surface area contributed by atoms with Gasteiger partial charge in [0.15, 0.2) is 0 Å². The van der Waals surface area contributed by atoms with Gasteiger partial charge in [0, 0.05) is 30.5 Å². The average molecular weight is 386 g/mol. The molecule has 148 valence electrons. The summed E-state index contributed by atoms with van der Waals surface area (Å²) >= 11 is 0. The number of benzene rings is 1. The van der Waals surface area contributed by atoms with Crippen LogP contribution >= 0.6 is 0 Å². The van der Waals surface area contributed by atoms with Crippen molar-refractivity contribution < 1.29 is 4.42 Å². The fourth-order valence-corrected chi connectivity index (χ4v) is 3.67. The lowest BCUT2D eigenvalue weighted by molar-refractivity contribution is 0.223. The van der Waals surface area contributed by atoms with E-state index in [4.69, 9.17) is 9.52 Å². The molecule has 0 aliphatic rings. The first-order chi connectivity index (χ1) is 14.1. The van der Waals surface area contributed by atoms with Crippen LogP contribution in [0.2, 0.25) is 0 Å². The van der Waals surface area contributed by atoms with Crippen molar-refractivity contribution in [1.82, 2.24) is 19.7 Å². The Kier molecular flexibility index (Phi) is 5.58. The summed E-state index contributed by atoms with van der Waals surface area (Å²) in [5.74, 6) is 0.947. The lowest BCUT2D eigenvalue weighted by Gasteiger charge is -2.21. The van der Waals surface area contributed by atoms with E-state index in [9.17, 15) is 0 Å². The van der Waals surface area contributed by atoms with Gasteiger partial charge in [-0.05, 0) is 56.7 Å². The number of pyridine rings is 1. The first-order valence-corrected chi connectivity index (χ1v) is 9.87. The van der Waals surface area contributed by atoms with Gasteiger partial charge in [-0.1, -0.05) is 24.3 Å². The summed E-state index contributed by atoms with van der Waals surface area (Å²) in [6.07, 6.45) is 3.56. The molecule has 4 rings (SSSR count). The van der Waals surface area contributed by atoms with Crippen LogP contribution in [0, 0.1) is 20.8 Å². The van der Waals surface area contributed by atoms with Gasteiger partial charge in [0.25, 0.3) is 0 Å². The molecule has 0 aliphatic carbocycles. The molecule has 0 fully saturated rings. The summed E-state index contributed by atoms with van der Waals surface area (Å²) in [6.45, 7) is 8.60. The Hall–Kier alpha value is -3.18. The van der Waals surface area contributed by atoms with E-state index in [0.717, 1.165) is 42.5 Å². The monoisotopic (exact) mass is 386 g/mol. The van der Waals surface area contributed by atoms with Crippen molar-refractivity contribution in [1.29, 1.82) is 0 Å². The number of aryl methyl sites for hydroxylation is 2. The van der Waals surface area contributed by atoms with E-state index in [1.807, 2.05) is 30.5 Å². The maximum Gasteiger partial charge on any atom is 0.117 e. The van der Waals surface area contributed by atoms with E-state index in [2.05, 4.69) is 65.7 Å². The van der Waals surface area contributed by atoms with E-state index in [1.165, 1.54) is 16.8 Å². The van der Waals surface area contributed by atoms with Crippen LogP contribution in [0.5, 0.6) is 0 Å². The molecule has 0 spiro atoms. The number of rotatable bonds is 7. The molecule has 0 unspecified atom stereocenters. The Morgan fingerprint density at radius 3 is 2.45 bits per heavy atom. The van der Waals surface area contributed by atoms with Gasteiger partial charge in [-0.25, -0.2) is 4.68 Å². The van der Waals surface area contributed by atoms with Gasteiger partial charge >= 0.3 is 0 Å². The maximum absolute atomic E-state index is 5.61. The summed E-state index contributed by atoms with van der Waals surface area (Å²) in [6, 6.07) is 18.3. The quantitative estimate of drug-likeness (QED) is 0.449. The fraction of sp³-hybridized carbons (Fsp3) is 0.250. The Balaban J connectivity index is 1.64. The maximum atomic E-state index is 5.61. The third-order valence-electron chi connectivity index (χ3n) is 5.24. The molecule has 0 saturated carbocycles. The average Bonchev–Trinajstić information content (AvgIpc) is 3.33. The molecule has 4 aromatic rings. The van der Waals surface area contributed by atoms with Crippen LogP contribution in [0.25, 0.3) is 5.69 Å². The van der Waals surface area contributed by atoms with Crippen LogP contribution in [0.3, 0.4) is 0 Å². The van der Waals surface area contributed by atoms with Crippen molar-refractivity contribution in [3.05, 3.63) is 101 Å². The Morgan fingerprint density at radius 2 is 1.72 bits per heavy atom. The molecule has 0 radical (unpaired) electrons. The summed E-state index contributed by atoms with van der Waals surface area (Å²) in [5.41, 5.74) is 6.85. The lowest BCUT2D eigenvalue weighted by Crippen LogP contribution is -2.23. The zero-order valence-electron chi connectivity index (χ0n) is 17.2. The second-order valence-corrected chi connectivity index (χ2v) is 7.39. The summed E-state index contributed by atoms with van der Waals surface area (Å²) in [5, 5.41) is 4.85. The second kappa shape index (κ2) is 8.45. The Labute approximate surface area is 171 Å². The van der Waals surface area contributed by atoms with Crippen molar-refractivity contribution in [2.75, 3.05) is 0 Å². The standard InChI is InChI=1S/C24H26N4O/c1-18-9-4-5-12-24(18)28-20(3)23(19(2)26-28)17-27(16-22-11-8-14-29-22)15-21-10-6-7-13-25-21/h4-14H,15-17H2,1-3H3. The third-order valence-corrected chi connectivity index (χ3v) is 5.24. The minimum atomic E-state index is 0.720. The number of furan rings is 1. The minimum absolute atomic E-state index is 0.720. The first-order valence-electron chi connectivity index (χ1n) is 9.87. The van der Waals surface area contributed by atoms with Crippen molar-refractivity contribution in [3.8, 4) is 5.69 Å². The number of para-hydroxylation sites is 1. The molecule has 0 atom stereocenters. The lowest BCUT2D eigenvalue weighted by atomic mass is 10.1. The Morgan fingerprint density at radius 1 is 0.897 bits per heavy atom. The molecule has 0 amide bonds. The highest BCUT2D eigenvalue weighted by atomic mass is 16.3. The molecule has 1 aromatic carbocycles. The number of nitrogens with zero attached hydrogens (tertiary/aromatic N) is 4. The number of hydrogen-bond acceptors (Lipinski definition) is 4. The molecule has 3 heterocycles. The minimum Gasteiger partial charge on any atom is -0.468 e. The molecule has 3 aromatic heterocycles. The predicted molar refractivity (Wildman–Crippen MR) is 114 cm³/mol. The molecular formula is C24H26N4O. The molecular weight excluding hydrogens is 360 g/mol. The zero-order valence-corrected chi connectivity index (χ0v) is 17.2. The van der Waals surface area contributed by atoms with E-state index in [1.54, 1.807) is 6.26 Å². The zero-order chi connectivity index (χ0) is 20.2. The van der Waals surface area contributed by atoms with Gasteiger partial charge < -0.3 is 4.42 Å². The Bertz CT molecular complexity index is 1070. The van der Waals surface area contributed by atoms with Crippen molar-refractivity contribution in [2.45, 2.75) is 40.4 Å². The van der Waals surface area contributed by atoms with Gasteiger partial charge in [0.1, 0.15) is 5.76 Å². The highest BCUT2D eigenvalue weighted by Gasteiger charge is 2.18. The molecule has 0 aliphatic heterocycles. The second-order valence-electron chi connectivity index (χ2n) is 7.39. The molecule has 0 bridgehead atoms. The normalized spacial score (nSPS) is 11.3. The molecule has 5 nitrogen and oxygen atoms in total. The molecule has 29 heavy (non-hydrogen) atoms. The van der Waals surface area contributed by atoms with Crippen LogP contribution in [0.15, 0.2) is 71.5 Å². The highest BCUT2D eigenvalue weighted by Crippen LogP contribution is 2.23. The van der Waals surface area contributed by atoms with E-state index < -0.39 is 0 Å². The molecule has 0 N–H and O–H groups in total. The summed E-state index contributed by atoms with van der Waals surface area (Å²) < 4.78 is 7.67. The van der Waals surface area contributed by atoms with Crippen LogP contribution in [-0.2, 0) is 19.6 Å². The third kappa shape index (κ3) is 4.30. The largest absolute Gasteiger partial charge is 0.468 e. The van der Waals surface area contributed by atoms with Gasteiger partial charge in [0.2, 0.25) is 0 Å². The van der Waals surface area contributed by atoms with Gasteiger partial charge in [-0.3, -0.25) is 9.88 Å². The van der Waals surface area contributed by atoms with Crippen molar-refractivity contribution >= 4 is 0 Å². The first kappa shape index (κ1) is 19.2. The van der Waals surface area contributed by atoms with Gasteiger partial charge in [-0.2, -0.15) is 5.10 Å². The fourth-order valence-electron chi connectivity index (χ4n) is 3.67. The molecule has 5 heteroatoms. The van der Waals surface area contributed by atoms with Crippen LogP contribution in [0.1, 0.15) is 34.0 Å². The number of hydrogen-bond donors (Lipinski definition) is 0. The topological polar surface area (TPSA) is 47.1 Å². The van der Waals surface area contributed by atoms with E-state index in [0.29, 0.717) is 0 Å². The van der Waals surface area contributed by atoms with E-state index >= 15 is 0 Å². The summed E-state index contributed by atoms with van der Waals surface area (Å²) in [7, 11) is 0. The van der Waals surface area contributed by atoms with Crippen molar-refractivity contribution in [3.63, 3.8) is 0 Å².